The average molecular weight is 394 g/mol. The maximum atomic E-state index is 12.9. The summed E-state index contributed by atoms with van der Waals surface area (Å²) < 4.78 is 15.7. The number of furan rings is 2. The number of hydrogen-bond donors (Lipinski definition) is 0. The molecule has 1 aliphatic rings. The Labute approximate surface area is 166 Å². The summed E-state index contributed by atoms with van der Waals surface area (Å²) in [5, 5.41) is 4.18. The number of amidine groups is 1. The Kier molecular flexibility index (Phi) is 4.90. The minimum atomic E-state index is -0.746. The van der Waals surface area contributed by atoms with Crippen LogP contribution in [0, 0.1) is 0 Å². The van der Waals surface area contributed by atoms with E-state index in [9.17, 15) is 9.59 Å². The second-order valence-electron chi connectivity index (χ2n) is 6.37. The van der Waals surface area contributed by atoms with Gasteiger partial charge in [-0.15, -0.1) is 0 Å². The lowest BCUT2D eigenvalue weighted by molar-refractivity contribution is -0.142. The van der Waals surface area contributed by atoms with Gasteiger partial charge >= 0.3 is 5.97 Å². The first kappa shape index (κ1) is 18.5. The number of methoxy groups -OCH3 is 1. The Morgan fingerprint density at radius 1 is 1.14 bits per heavy atom. The molecule has 3 aromatic rings. The second kappa shape index (κ2) is 7.67. The number of ether oxygens (including phenoxy) is 1. The van der Waals surface area contributed by atoms with Gasteiger partial charge in [-0.05, 0) is 31.2 Å². The molecule has 2 aromatic heterocycles. The molecule has 148 valence electrons. The lowest BCUT2D eigenvalue weighted by atomic mass is 10.0. The number of esters is 1. The van der Waals surface area contributed by atoms with Crippen molar-refractivity contribution in [1.29, 1.82) is 0 Å². The molecule has 0 fully saturated rings. The first-order valence-electron chi connectivity index (χ1n) is 8.94. The molecule has 3 heterocycles. The summed E-state index contributed by atoms with van der Waals surface area (Å²) in [4.78, 5) is 31.3. The molecule has 0 saturated carbocycles. The summed E-state index contributed by atoms with van der Waals surface area (Å²) >= 11 is 0. The minimum absolute atomic E-state index is 0.0609. The molecule has 8 heteroatoms. The third-order valence-electron chi connectivity index (χ3n) is 4.48. The van der Waals surface area contributed by atoms with E-state index >= 15 is 0 Å². The van der Waals surface area contributed by atoms with Crippen molar-refractivity contribution in [3.63, 3.8) is 0 Å². The fourth-order valence-corrected chi connectivity index (χ4v) is 3.05. The maximum Gasteiger partial charge on any atom is 0.373 e. The van der Waals surface area contributed by atoms with Gasteiger partial charge in [-0.3, -0.25) is 9.69 Å². The van der Waals surface area contributed by atoms with Crippen LogP contribution in [0.4, 0.5) is 0 Å². The summed E-state index contributed by atoms with van der Waals surface area (Å²) in [6.07, 6.45) is 0.831. The van der Waals surface area contributed by atoms with Gasteiger partial charge < -0.3 is 18.4 Å². The van der Waals surface area contributed by atoms with E-state index < -0.39 is 12.1 Å². The first-order valence-corrected chi connectivity index (χ1v) is 8.94. The summed E-state index contributed by atoms with van der Waals surface area (Å²) in [7, 11) is 1.27. The Morgan fingerprint density at radius 3 is 2.66 bits per heavy atom. The quantitative estimate of drug-likeness (QED) is 0.616. The van der Waals surface area contributed by atoms with Crippen molar-refractivity contribution < 1.29 is 28.0 Å². The zero-order valence-electron chi connectivity index (χ0n) is 15.8. The molecular weight excluding hydrogens is 376 g/mol. The number of carbonyl (C=O) groups is 2. The summed E-state index contributed by atoms with van der Waals surface area (Å²) in [6.45, 7) is 1.70. The summed E-state index contributed by atoms with van der Waals surface area (Å²) in [6, 6.07) is 14.2. The van der Waals surface area contributed by atoms with Crippen molar-refractivity contribution in [3.05, 3.63) is 71.9 Å². The zero-order chi connectivity index (χ0) is 20.4. The van der Waals surface area contributed by atoms with E-state index in [1.165, 1.54) is 18.1 Å². The molecule has 0 saturated heterocycles. The highest BCUT2D eigenvalue weighted by Crippen LogP contribution is 2.28. The SMILES string of the molecule is COC(=O)c1ccc(CN2C(=O)C(C)ON=C2c2ccccc2-c2ccco2)o1. The predicted molar refractivity (Wildman–Crippen MR) is 102 cm³/mol. The lowest BCUT2D eigenvalue weighted by Gasteiger charge is -2.30. The molecule has 1 atom stereocenters. The number of amides is 1. The van der Waals surface area contributed by atoms with Crippen molar-refractivity contribution in [2.75, 3.05) is 7.11 Å². The van der Waals surface area contributed by atoms with Gasteiger partial charge in [-0.25, -0.2) is 4.79 Å². The highest BCUT2D eigenvalue weighted by Gasteiger charge is 2.34. The van der Waals surface area contributed by atoms with E-state index in [0.29, 0.717) is 22.9 Å². The van der Waals surface area contributed by atoms with Crippen LogP contribution in [0.15, 0.2) is 68.8 Å². The smallest absolute Gasteiger partial charge is 0.373 e. The van der Waals surface area contributed by atoms with Gasteiger partial charge in [-0.1, -0.05) is 29.4 Å². The molecule has 1 amide bonds. The van der Waals surface area contributed by atoms with Crippen LogP contribution in [0.2, 0.25) is 0 Å². The average Bonchev–Trinajstić information content (AvgIpc) is 3.43. The van der Waals surface area contributed by atoms with Gasteiger partial charge in [0.1, 0.15) is 11.5 Å². The van der Waals surface area contributed by atoms with Crippen LogP contribution in [-0.4, -0.2) is 35.8 Å². The maximum absolute atomic E-state index is 12.9. The molecular formula is C21H18N2O6. The second-order valence-corrected chi connectivity index (χ2v) is 6.37. The third kappa shape index (κ3) is 3.52. The molecule has 0 bridgehead atoms. The van der Waals surface area contributed by atoms with Crippen LogP contribution in [0.3, 0.4) is 0 Å². The molecule has 1 unspecified atom stereocenters. The standard InChI is InChI=1S/C21H18N2O6/c1-13-20(24)23(12-14-9-10-18(28-14)21(25)26-2)19(22-29-13)16-7-4-3-6-15(16)17-8-5-11-27-17/h3-11,13H,12H2,1-2H3. The number of hydrogen-bond acceptors (Lipinski definition) is 7. The summed E-state index contributed by atoms with van der Waals surface area (Å²) in [5.74, 6) is 0.577. The number of carbonyl (C=O) groups excluding carboxylic acids is 2. The van der Waals surface area contributed by atoms with Gasteiger partial charge in [0.25, 0.3) is 5.91 Å². The number of oxime groups is 1. The molecule has 1 aromatic carbocycles. The molecule has 4 rings (SSSR count). The molecule has 1 aliphatic heterocycles. The van der Waals surface area contributed by atoms with Crippen LogP contribution >= 0.6 is 0 Å². The molecule has 0 radical (unpaired) electrons. The monoisotopic (exact) mass is 394 g/mol. The van der Waals surface area contributed by atoms with Crippen molar-refractivity contribution in [3.8, 4) is 11.3 Å². The Bertz CT molecular complexity index is 1070. The van der Waals surface area contributed by atoms with E-state index in [2.05, 4.69) is 9.89 Å². The van der Waals surface area contributed by atoms with Gasteiger partial charge in [0.05, 0.1) is 19.9 Å². The van der Waals surface area contributed by atoms with Crippen molar-refractivity contribution in [2.45, 2.75) is 19.6 Å². The lowest BCUT2D eigenvalue weighted by Crippen LogP contribution is -2.46. The largest absolute Gasteiger partial charge is 0.464 e. The number of benzene rings is 1. The fourth-order valence-electron chi connectivity index (χ4n) is 3.05. The predicted octanol–water partition coefficient (Wildman–Crippen LogP) is 3.44. The molecule has 0 spiro atoms. The zero-order valence-corrected chi connectivity index (χ0v) is 15.8. The van der Waals surface area contributed by atoms with E-state index in [-0.39, 0.29) is 18.2 Å². The van der Waals surface area contributed by atoms with E-state index in [4.69, 9.17) is 13.7 Å². The van der Waals surface area contributed by atoms with Gasteiger partial charge in [0.15, 0.2) is 5.84 Å². The molecule has 0 N–H and O–H groups in total. The van der Waals surface area contributed by atoms with Crippen molar-refractivity contribution in [2.24, 2.45) is 5.16 Å². The third-order valence-corrected chi connectivity index (χ3v) is 4.48. The van der Waals surface area contributed by atoms with Crippen LogP contribution in [0.25, 0.3) is 11.3 Å². The highest BCUT2D eigenvalue weighted by atomic mass is 16.6. The van der Waals surface area contributed by atoms with Gasteiger partial charge in [0.2, 0.25) is 11.9 Å². The summed E-state index contributed by atoms with van der Waals surface area (Å²) in [5.41, 5.74) is 1.43. The van der Waals surface area contributed by atoms with Gasteiger partial charge in [0, 0.05) is 11.1 Å². The Balaban J connectivity index is 1.72. The Morgan fingerprint density at radius 2 is 1.93 bits per heavy atom. The first-order chi connectivity index (χ1) is 14.1. The molecule has 29 heavy (non-hydrogen) atoms. The number of rotatable bonds is 5. The van der Waals surface area contributed by atoms with Crippen molar-refractivity contribution in [1.82, 2.24) is 4.90 Å². The van der Waals surface area contributed by atoms with Crippen molar-refractivity contribution >= 4 is 17.7 Å². The van der Waals surface area contributed by atoms with Crippen LogP contribution in [0.1, 0.15) is 28.8 Å². The van der Waals surface area contributed by atoms with Crippen LogP contribution in [0.5, 0.6) is 0 Å². The van der Waals surface area contributed by atoms with E-state index in [0.717, 1.165) is 5.56 Å². The van der Waals surface area contributed by atoms with E-state index in [1.54, 1.807) is 25.3 Å². The molecule has 8 nitrogen and oxygen atoms in total. The van der Waals surface area contributed by atoms with E-state index in [1.807, 2.05) is 30.3 Å². The Hall–Kier alpha value is -3.81. The highest BCUT2D eigenvalue weighted by molar-refractivity contribution is 6.12. The van der Waals surface area contributed by atoms with Crippen LogP contribution < -0.4 is 0 Å². The fraction of sp³-hybridized carbons (Fsp3) is 0.190. The van der Waals surface area contributed by atoms with Crippen LogP contribution in [-0.2, 0) is 20.9 Å². The molecule has 0 aliphatic carbocycles. The normalized spacial score (nSPS) is 16.3. The minimum Gasteiger partial charge on any atom is -0.464 e. The van der Waals surface area contributed by atoms with Gasteiger partial charge in [-0.2, -0.15) is 0 Å². The number of nitrogens with zero attached hydrogens (tertiary/aromatic N) is 2. The topological polar surface area (TPSA) is 94.5 Å².